The van der Waals surface area contributed by atoms with Gasteiger partial charge >= 0.3 is 0 Å². The summed E-state index contributed by atoms with van der Waals surface area (Å²) in [6.45, 7) is 3.21. The second-order valence-electron chi connectivity index (χ2n) is 5.80. The highest BCUT2D eigenvalue weighted by Gasteiger charge is 2.21. The van der Waals surface area contributed by atoms with Crippen LogP contribution in [0.4, 0.5) is 0 Å². The number of hydrogen-bond donors (Lipinski definition) is 0. The van der Waals surface area contributed by atoms with Gasteiger partial charge in [0.2, 0.25) is 0 Å². The van der Waals surface area contributed by atoms with Gasteiger partial charge in [0.25, 0.3) is 5.91 Å². The number of rotatable bonds is 7. The average molecular weight is 370 g/mol. The van der Waals surface area contributed by atoms with E-state index in [0.717, 1.165) is 11.3 Å². The van der Waals surface area contributed by atoms with Crippen molar-refractivity contribution in [1.29, 1.82) is 0 Å². The van der Waals surface area contributed by atoms with Gasteiger partial charge in [-0.2, -0.15) is 0 Å². The summed E-state index contributed by atoms with van der Waals surface area (Å²) < 4.78 is 11.1. The third-order valence-corrected chi connectivity index (χ3v) is 4.17. The van der Waals surface area contributed by atoms with Crippen LogP contribution in [0.15, 0.2) is 71.3 Å². The van der Waals surface area contributed by atoms with Gasteiger partial charge in [-0.25, -0.2) is 0 Å². The van der Waals surface area contributed by atoms with Gasteiger partial charge in [-0.15, -0.1) is 0 Å². The largest absolute Gasteiger partial charge is 0.493 e. The molecule has 1 aromatic heterocycles. The number of benzene rings is 2. The fourth-order valence-corrected chi connectivity index (χ4v) is 2.82. The lowest BCUT2D eigenvalue weighted by molar-refractivity contribution is 0.0713. The molecule has 2 aromatic carbocycles. The van der Waals surface area contributed by atoms with Crippen LogP contribution >= 0.6 is 11.6 Å². The summed E-state index contributed by atoms with van der Waals surface area (Å²) in [6, 6.07) is 18.4. The molecule has 0 radical (unpaired) electrons. The maximum Gasteiger partial charge on any atom is 0.258 e. The zero-order valence-corrected chi connectivity index (χ0v) is 15.3. The van der Waals surface area contributed by atoms with Crippen molar-refractivity contribution in [2.45, 2.75) is 20.0 Å². The fraction of sp³-hybridized carbons (Fsp3) is 0.190. The lowest BCUT2D eigenvalue weighted by Gasteiger charge is -2.23. The van der Waals surface area contributed by atoms with E-state index in [0.29, 0.717) is 36.0 Å². The molecule has 0 saturated carbocycles. The van der Waals surface area contributed by atoms with Crippen LogP contribution in [0.5, 0.6) is 5.75 Å². The Morgan fingerprint density at radius 3 is 2.50 bits per heavy atom. The molecule has 134 valence electrons. The van der Waals surface area contributed by atoms with E-state index in [4.69, 9.17) is 20.8 Å². The van der Waals surface area contributed by atoms with E-state index in [1.54, 1.807) is 17.2 Å². The van der Waals surface area contributed by atoms with E-state index in [1.807, 2.05) is 61.5 Å². The van der Waals surface area contributed by atoms with Crippen LogP contribution in [0.25, 0.3) is 0 Å². The van der Waals surface area contributed by atoms with E-state index in [1.165, 1.54) is 0 Å². The Labute approximate surface area is 158 Å². The Kier molecular flexibility index (Phi) is 5.97. The molecular formula is C21H20ClNO3. The zero-order valence-electron chi connectivity index (χ0n) is 14.5. The van der Waals surface area contributed by atoms with E-state index < -0.39 is 0 Å². The van der Waals surface area contributed by atoms with Gasteiger partial charge in [0.1, 0.15) is 11.5 Å². The molecule has 0 spiro atoms. The molecule has 0 saturated heterocycles. The van der Waals surface area contributed by atoms with Crippen LogP contribution in [0.2, 0.25) is 5.02 Å². The van der Waals surface area contributed by atoms with Gasteiger partial charge in [-0.05, 0) is 48.9 Å². The monoisotopic (exact) mass is 369 g/mol. The molecule has 0 aliphatic rings. The minimum Gasteiger partial charge on any atom is -0.493 e. The second kappa shape index (κ2) is 8.59. The topological polar surface area (TPSA) is 42.7 Å². The molecule has 0 aliphatic carbocycles. The third kappa shape index (κ3) is 4.46. The Hall–Kier alpha value is -2.72. The Bertz CT molecular complexity index is 844. The minimum atomic E-state index is -0.111. The van der Waals surface area contributed by atoms with Crippen molar-refractivity contribution in [3.63, 3.8) is 0 Å². The summed E-state index contributed by atoms with van der Waals surface area (Å²) in [5, 5.41) is 0.666. The van der Waals surface area contributed by atoms with Gasteiger partial charge in [0.05, 0.1) is 25.0 Å². The first-order chi connectivity index (χ1) is 12.7. The van der Waals surface area contributed by atoms with Crippen molar-refractivity contribution < 1.29 is 13.9 Å². The number of ether oxygens (including phenoxy) is 1. The van der Waals surface area contributed by atoms with Crippen LogP contribution in [0, 0.1) is 0 Å². The minimum absolute atomic E-state index is 0.111. The quantitative estimate of drug-likeness (QED) is 0.576. The molecule has 3 aromatic rings. The Morgan fingerprint density at radius 1 is 1.04 bits per heavy atom. The van der Waals surface area contributed by atoms with Crippen LogP contribution < -0.4 is 4.74 Å². The molecule has 0 aliphatic heterocycles. The number of amides is 1. The number of halogens is 1. The van der Waals surface area contributed by atoms with E-state index in [9.17, 15) is 4.79 Å². The third-order valence-electron chi connectivity index (χ3n) is 3.92. The molecule has 1 amide bonds. The maximum absolute atomic E-state index is 13.2. The average Bonchev–Trinajstić information content (AvgIpc) is 3.16. The molecule has 0 atom stereocenters. The number of carbonyl (C=O) groups is 1. The molecule has 3 rings (SSSR count). The van der Waals surface area contributed by atoms with E-state index in [2.05, 4.69) is 0 Å². The summed E-state index contributed by atoms with van der Waals surface area (Å²) in [7, 11) is 0. The van der Waals surface area contributed by atoms with Gasteiger partial charge in [0, 0.05) is 11.6 Å². The standard InChI is InChI=1S/C21H20ClNO3/c1-2-25-20-8-4-3-7-19(20)21(24)23(15-18-6-5-13-26-18)14-16-9-11-17(22)12-10-16/h3-13H,2,14-15H2,1H3. The van der Waals surface area contributed by atoms with Crippen molar-refractivity contribution in [3.8, 4) is 5.75 Å². The lowest BCUT2D eigenvalue weighted by atomic mass is 10.1. The Balaban J connectivity index is 1.89. The predicted molar refractivity (Wildman–Crippen MR) is 101 cm³/mol. The molecule has 1 heterocycles. The second-order valence-corrected chi connectivity index (χ2v) is 6.23. The molecule has 0 fully saturated rings. The fourth-order valence-electron chi connectivity index (χ4n) is 2.70. The van der Waals surface area contributed by atoms with Crippen LogP contribution in [-0.4, -0.2) is 17.4 Å². The predicted octanol–water partition coefficient (Wildman–Crippen LogP) is 5.17. The summed E-state index contributed by atoms with van der Waals surface area (Å²) in [4.78, 5) is 15.0. The van der Waals surface area contributed by atoms with Crippen LogP contribution in [0.3, 0.4) is 0 Å². The molecule has 4 nitrogen and oxygen atoms in total. The summed E-state index contributed by atoms with van der Waals surface area (Å²) in [5.74, 6) is 1.20. The van der Waals surface area contributed by atoms with E-state index in [-0.39, 0.29) is 5.91 Å². The van der Waals surface area contributed by atoms with Gasteiger partial charge in [-0.3, -0.25) is 4.79 Å². The number of carbonyl (C=O) groups excluding carboxylic acids is 1. The number of nitrogens with zero attached hydrogens (tertiary/aromatic N) is 1. The SMILES string of the molecule is CCOc1ccccc1C(=O)N(Cc1ccc(Cl)cc1)Cc1ccco1. The maximum atomic E-state index is 13.2. The van der Waals surface area contributed by atoms with Crippen LogP contribution in [0.1, 0.15) is 28.6 Å². The molecule has 0 bridgehead atoms. The van der Waals surface area contributed by atoms with Gasteiger partial charge < -0.3 is 14.1 Å². The first-order valence-electron chi connectivity index (χ1n) is 8.45. The first-order valence-corrected chi connectivity index (χ1v) is 8.83. The number of para-hydroxylation sites is 1. The smallest absolute Gasteiger partial charge is 0.258 e. The van der Waals surface area contributed by atoms with Gasteiger partial charge in [-0.1, -0.05) is 35.9 Å². The highest BCUT2D eigenvalue weighted by atomic mass is 35.5. The summed E-state index contributed by atoms with van der Waals surface area (Å²) in [6.07, 6.45) is 1.61. The number of furan rings is 1. The summed E-state index contributed by atoms with van der Waals surface area (Å²) in [5.41, 5.74) is 1.53. The highest BCUT2D eigenvalue weighted by Crippen LogP contribution is 2.23. The van der Waals surface area contributed by atoms with Crippen molar-refractivity contribution >= 4 is 17.5 Å². The van der Waals surface area contributed by atoms with Crippen molar-refractivity contribution in [1.82, 2.24) is 4.90 Å². The van der Waals surface area contributed by atoms with Gasteiger partial charge in [0.15, 0.2) is 0 Å². The molecule has 26 heavy (non-hydrogen) atoms. The molecular weight excluding hydrogens is 350 g/mol. The molecule has 0 N–H and O–H groups in total. The van der Waals surface area contributed by atoms with Crippen molar-refractivity contribution in [2.24, 2.45) is 0 Å². The normalized spacial score (nSPS) is 10.5. The lowest BCUT2D eigenvalue weighted by Crippen LogP contribution is -2.30. The highest BCUT2D eigenvalue weighted by molar-refractivity contribution is 6.30. The van der Waals surface area contributed by atoms with E-state index >= 15 is 0 Å². The molecule has 5 heteroatoms. The first kappa shape index (κ1) is 18.1. The Morgan fingerprint density at radius 2 is 1.81 bits per heavy atom. The summed E-state index contributed by atoms with van der Waals surface area (Å²) >= 11 is 5.97. The zero-order chi connectivity index (χ0) is 18.4. The molecule has 0 unspecified atom stereocenters. The van der Waals surface area contributed by atoms with Crippen LogP contribution in [-0.2, 0) is 13.1 Å². The van der Waals surface area contributed by atoms with Crippen molar-refractivity contribution in [2.75, 3.05) is 6.61 Å². The number of hydrogen-bond acceptors (Lipinski definition) is 3. The van der Waals surface area contributed by atoms with Crippen molar-refractivity contribution in [3.05, 3.63) is 88.8 Å².